The number of carboxylic acids is 2. The summed E-state index contributed by atoms with van der Waals surface area (Å²) in [4.78, 5) is 58.5. The highest BCUT2D eigenvalue weighted by Gasteiger charge is 2.53. The number of aliphatic hydroxyl groups excluding tert-OH is 18. The van der Waals surface area contributed by atoms with E-state index in [2.05, 4.69) is 40.3 Å². The Morgan fingerprint density at radius 2 is 1.03 bits per heavy atom. The van der Waals surface area contributed by atoms with Gasteiger partial charge in [0.15, 0.2) is 83.3 Å². The van der Waals surface area contributed by atoms with Gasteiger partial charge in [0.25, 0.3) is 0 Å². The number of rotatable bonds is 19. The Labute approximate surface area is 788 Å². The molecule has 25 N–H and O–H groups in total. The van der Waals surface area contributed by atoms with Gasteiger partial charge in [-0.05, 0) is 120 Å². The number of fused-ring (bicyclic) bond motifs is 12. The Bertz CT molecular complexity index is 5870. The topological polar surface area (TPSA) is 701 Å². The summed E-state index contributed by atoms with van der Waals surface area (Å²) in [6.07, 6.45) is -33.1. The highest BCUT2D eigenvalue weighted by atomic mass is 35.5. The number of likely N-dealkylation sites (N-methyl/N-ethyl adjacent to an activating group) is 1. The lowest BCUT2D eigenvalue weighted by atomic mass is 9.90. The van der Waals surface area contributed by atoms with Crippen LogP contribution in [-0.2, 0) is 28.5 Å². The number of aliphatic carboxylic acids is 2. The molecule has 7 aromatic rings. The molecule has 0 saturated carbocycles. The van der Waals surface area contributed by atoms with E-state index < -0.39 is 346 Å². The first-order chi connectivity index (χ1) is 64.1. The monoisotopic (exact) mass is 1980 g/mol. The first-order valence-electron chi connectivity index (χ1n) is 41.6. The molecule has 0 radical (unpaired) electrons. The zero-order chi connectivity index (χ0) is 97.6. The third kappa shape index (κ3) is 20.8. The van der Waals surface area contributed by atoms with E-state index in [9.17, 15) is 132 Å². The predicted molar refractivity (Wildman–Crippen MR) is 477 cm³/mol. The zero-order valence-electron chi connectivity index (χ0n) is 70.6. The lowest BCUT2D eigenvalue weighted by molar-refractivity contribution is -0.277. The van der Waals surface area contributed by atoms with Crippen molar-refractivity contribution in [2.75, 3.05) is 20.3 Å². The van der Waals surface area contributed by atoms with Gasteiger partial charge in [-0.3, -0.25) is 0 Å². The number of carboxylic acid groups (broad SMARTS) is 2. The van der Waals surface area contributed by atoms with E-state index in [-0.39, 0.29) is 24.0 Å². The number of phenolic OH excluding ortho intramolecular Hbond substituents is 4. The number of unbranched alkanes of at least 4 members (excludes halogenated alkanes) is 3. The summed E-state index contributed by atoms with van der Waals surface area (Å²) in [5.74, 6) is -22.3. The number of benzene rings is 7. The van der Waals surface area contributed by atoms with Crippen LogP contribution >= 0.6 is 58.0 Å². The molecule has 0 aromatic heterocycles. The molecule has 43 nitrogen and oxygen atoms in total. The fourth-order valence-corrected chi connectivity index (χ4v) is 17.4. The lowest BCUT2D eigenvalue weighted by Gasteiger charge is -2.41. The third-order valence-corrected chi connectivity index (χ3v) is 24.7. The Kier molecular flexibility index (Phi) is 30.6. The Balaban J connectivity index is 1.12. The number of ether oxygens (including phenoxy) is 9. The SMILES string of the molecule is CNC1C(O)=NC2C(O)=NC(C(O)=NC3C(O)=NC4C(O)=NC(C(O)=NC(C(=O)O)c5cc(O)cc(O)c5-c5cc4cc(Cl)c5OC4OC(CO)C(O)C(O)C4O)C(OC4OC(C(=O)O)C(O)C(O)C4N=C(O)CCCCCCC(C)C)c4cc(Cl)c(c(Cl)c4)Oc4cc3cc(c4OC3OC(CO)C(O)C(O)C3O)Oc3ccc(cc3Cl)C2O)c2cc(cc(O)c2Cl)Oc2cc1ccc2O. The van der Waals surface area contributed by atoms with Crippen LogP contribution in [0.25, 0.3) is 11.1 Å². The van der Waals surface area contributed by atoms with Crippen molar-refractivity contribution in [1.29, 1.82) is 0 Å². The van der Waals surface area contributed by atoms with Gasteiger partial charge in [0, 0.05) is 40.8 Å². The van der Waals surface area contributed by atoms with Crippen LogP contribution in [0.4, 0.5) is 0 Å². The van der Waals surface area contributed by atoms with Crippen LogP contribution in [-0.4, -0.2) is 300 Å². The normalized spacial score (nSPS) is 29.3. The van der Waals surface area contributed by atoms with Gasteiger partial charge in [0.1, 0.15) is 120 Å². The van der Waals surface area contributed by atoms with E-state index in [0.717, 1.165) is 85.6 Å². The molecule has 9 heterocycles. The van der Waals surface area contributed by atoms with Gasteiger partial charge in [0.2, 0.25) is 53.7 Å². The van der Waals surface area contributed by atoms with E-state index in [1.807, 2.05) is 13.8 Å². The molecule has 17 bridgehead atoms. The van der Waals surface area contributed by atoms with Gasteiger partial charge in [-0.25, -0.2) is 44.5 Å². The number of halogens is 5. The van der Waals surface area contributed by atoms with Crippen LogP contribution in [0.15, 0.2) is 132 Å². The molecule has 48 heteroatoms. The van der Waals surface area contributed by atoms with E-state index in [4.69, 9.17) is 101 Å². The van der Waals surface area contributed by atoms with Gasteiger partial charge in [-0.1, -0.05) is 110 Å². The highest BCUT2D eigenvalue weighted by molar-refractivity contribution is 6.37. The van der Waals surface area contributed by atoms with Crippen molar-refractivity contribution < 1.29 is 175 Å². The van der Waals surface area contributed by atoms with Crippen molar-refractivity contribution in [2.45, 2.75) is 199 Å². The zero-order valence-corrected chi connectivity index (χ0v) is 74.4. The van der Waals surface area contributed by atoms with E-state index >= 15 is 0 Å². The molecule has 9 aliphatic heterocycles. The van der Waals surface area contributed by atoms with Crippen LogP contribution in [0.2, 0.25) is 25.1 Å². The second kappa shape index (κ2) is 41.4. The number of aliphatic hydroxyl groups is 18. The van der Waals surface area contributed by atoms with Crippen molar-refractivity contribution in [2.24, 2.45) is 40.9 Å². The van der Waals surface area contributed by atoms with Crippen LogP contribution in [0.5, 0.6) is 69.0 Å². The summed E-state index contributed by atoms with van der Waals surface area (Å²) in [7, 11) is 1.36. The van der Waals surface area contributed by atoms with Gasteiger partial charge < -0.3 is 171 Å². The molecule has 24 atom stereocenters. The highest BCUT2D eigenvalue weighted by Crippen LogP contribution is 2.54. The molecule has 3 fully saturated rings. The molecule has 24 unspecified atom stereocenters. The largest absolute Gasteiger partial charge is 0.508 e. The summed E-state index contributed by atoms with van der Waals surface area (Å²) < 4.78 is 56.5. The molecule has 9 aliphatic rings. The quantitative estimate of drug-likeness (QED) is 0.0205. The first kappa shape index (κ1) is 99.7. The molecule has 0 spiro atoms. The summed E-state index contributed by atoms with van der Waals surface area (Å²) in [6, 6.07) is -3.99. The summed E-state index contributed by atoms with van der Waals surface area (Å²) in [6.45, 7) is 1.91. The molecule has 0 amide bonds. The number of carbonyl (C=O) groups is 2. The van der Waals surface area contributed by atoms with E-state index in [1.165, 1.54) is 19.2 Å². The number of nitrogens with one attached hydrogen (secondary N) is 1. The molecule has 16 rings (SSSR count). The van der Waals surface area contributed by atoms with Gasteiger partial charge in [-0.15, -0.1) is 0 Å². The molecular weight excluding hydrogens is 1890 g/mol. The number of phenols is 4. The predicted octanol–water partition coefficient (Wildman–Crippen LogP) is 8.56. The second-order valence-electron chi connectivity index (χ2n) is 32.8. The third-order valence-electron chi connectivity index (χ3n) is 23.1. The minimum Gasteiger partial charge on any atom is -0.508 e. The first-order valence-corrected chi connectivity index (χ1v) is 43.5. The van der Waals surface area contributed by atoms with Crippen LogP contribution in [0, 0.1) is 5.92 Å². The fraction of sp³-hybridized carbons (Fsp3) is 0.414. The Hall–Kier alpha value is -11.2. The molecular formula is C87H91Cl5N8O35. The van der Waals surface area contributed by atoms with Gasteiger partial charge >= 0.3 is 11.9 Å². The number of aliphatic imine (C=N–C) groups is 7. The van der Waals surface area contributed by atoms with Crippen LogP contribution in [0.3, 0.4) is 0 Å². The number of aromatic hydroxyl groups is 4. The molecule has 135 heavy (non-hydrogen) atoms. The van der Waals surface area contributed by atoms with Crippen molar-refractivity contribution >= 4 is 111 Å². The van der Waals surface area contributed by atoms with Crippen molar-refractivity contribution in [3.05, 3.63) is 161 Å². The summed E-state index contributed by atoms with van der Waals surface area (Å²) >= 11 is 36.5. The minimum atomic E-state index is -2.79. The maximum absolute atomic E-state index is 14.4. The average Bonchev–Trinajstić information content (AvgIpc) is 0.745. The van der Waals surface area contributed by atoms with E-state index in [1.54, 1.807) is 0 Å². The standard InChI is InChI=1S/C87H91Cl5N8O35/c1-28(2)8-6-4-5-7-9-52(107)94-61-66(111)69(114)76(84(125)126)135-85(61)132-72-33-17-41(90)74(42(91)18-33)129-49-21-32-20-48(75(49)134-87-71(116)68(113)65(110)51(27-102)131-87)128-46-13-11-30(15-39(46)88)63(108)60-81(121)97-58(38-24-35(25-45(106)54(38)92)127-47-19-29(10-12-43(47)104)55(93-3)77(117)99-60)80(120)96-57(32)78(118)95-56-31-14-37(73(40(89)16-31)133-86-70(115)67(112)64(109)50(26-101)130-86)53-36(22-34(103)23-44(53)105)59(83(123)124)98-82(122)62(72)100-79(56)119/h10-25,28,50-51,55-72,76,85-87,93,101-106,108-116H,4-9,26-27H2,1-3H3,(H,94,107)(H,95,118)(H,96,120)(H,97,121)(H,98,122)(H,99,117)(H,100,119)(H,123,124)(H,125,126). The number of hydrogen-bond acceptors (Lipinski definition) is 34. The van der Waals surface area contributed by atoms with Gasteiger partial charge in [-0.2, -0.15) is 0 Å². The van der Waals surface area contributed by atoms with E-state index in [0.29, 0.717) is 30.9 Å². The van der Waals surface area contributed by atoms with Crippen molar-refractivity contribution in [3.63, 3.8) is 0 Å². The minimum absolute atomic E-state index is 0.0955. The van der Waals surface area contributed by atoms with Crippen molar-refractivity contribution in [1.82, 2.24) is 5.32 Å². The maximum atomic E-state index is 14.4. The Morgan fingerprint density at radius 3 is 1.64 bits per heavy atom. The summed E-state index contributed by atoms with van der Waals surface area (Å²) in [5, 5.41) is 285. The number of nitrogens with zero attached hydrogens (tertiary/aromatic N) is 7. The second-order valence-corrected chi connectivity index (χ2v) is 34.8. The van der Waals surface area contributed by atoms with Crippen LogP contribution in [0.1, 0.15) is 134 Å². The number of hydrogen-bond donors (Lipinski definition) is 25. The summed E-state index contributed by atoms with van der Waals surface area (Å²) in [5.41, 5.74) is -5.37. The smallest absolute Gasteiger partial charge is 0.335 e. The average molecular weight is 1990 g/mol. The van der Waals surface area contributed by atoms with Crippen molar-refractivity contribution in [3.8, 4) is 80.1 Å². The molecule has 3 saturated heterocycles. The van der Waals surface area contributed by atoms with Crippen LogP contribution < -0.4 is 29.0 Å². The lowest BCUT2D eigenvalue weighted by Crippen LogP contribution is -2.60. The Morgan fingerprint density at radius 1 is 0.467 bits per heavy atom. The maximum Gasteiger partial charge on any atom is 0.335 e. The van der Waals surface area contributed by atoms with Gasteiger partial charge in [0.05, 0.1) is 38.3 Å². The molecule has 724 valence electrons. The molecule has 0 aliphatic carbocycles. The fourth-order valence-electron chi connectivity index (χ4n) is 16.1. The molecule has 7 aromatic carbocycles.